The van der Waals surface area contributed by atoms with Crippen LogP contribution < -0.4 is 14.8 Å². The largest absolute Gasteiger partial charge is 0.490 e. The summed E-state index contributed by atoms with van der Waals surface area (Å²) in [6.45, 7) is 3.50. The molecule has 0 bridgehead atoms. The molecule has 2 aromatic rings. The molecule has 8 heteroatoms. The third-order valence-electron chi connectivity index (χ3n) is 2.90. The summed E-state index contributed by atoms with van der Waals surface area (Å²) >= 11 is 0. The Morgan fingerprint density at radius 2 is 2.00 bits per heavy atom. The predicted octanol–water partition coefficient (Wildman–Crippen LogP) is 3.81. The zero-order valence-electron chi connectivity index (χ0n) is 13.2. The van der Waals surface area contributed by atoms with E-state index in [0.29, 0.717) is 25.1 Å². The lowest BCUT2D eigenvalue weighted by Crippen LogP contribution is -2.06. The van der Waals surface area contributed by atoms with Gasteiger partial charge in [-0.1, -0.05) is 25.0 Å². The number of halogens is 2. The number of aromatic nitrogens is 2. The van der Waals surface area contributed by atoms with E-state index in [1.807, 2.05) is 13.8 Å². The minimum absolute atomic E-state index is 0.00508. The van der Waals surface area contributed by atoms with Gasteiger partial charge >= 0.3 is 12.6 Å². The maximum atomic E-state index is 12.4. The van der Waals surface area contributed by atoms with Crippen LogP contribution in [0.25, 0.3) is 0 Å². The molecule has 0 saturated heterocycles. The van der Waals surface area contributed by atoms with Crippen LogP contribution in [0.5, 0.6) is 11.5 Å². The molecule has 0 radical (unpaired) electrons. The maximum absolute atomic E-state index is 12.4. The Morgan fingerprint density at radius 1 is 1.22 bits per heavy atom. The summed E-state index contributed by atoms with van der Waals surface area (Å²) in [6, 6.07) is 5.04. The fraction of sp³-hybridized carbons (Fsp3) is 0.467. The zero-order chi connectivity index (χ0) is 16.8. The molecule has 0 aliphatic carbocycles. The Hall–Kier alpha value is -2.38. The van der Waals surface area contributed by atoms with Gasteiger partial charge in [-0.15, -0.1) is 5.10 Å². The maximum Gasteiger partial charge on any atom is 0.387 e. The molecular formula is C15H19F2N3O3. The van der Waals surface area contributed by atoms with E-state index in [1.54, 1.807) is 19.1 Å². The van der Waals surface area contributed by atoms with Crippen molar-refractivity contribution in [2.45, 2.75) is 39.8 Å². The molecule has 0 fully saturated rings. The number of benzene rings is 1. The second kappa shape index (κ2) is 7.75. The van der Waals surface area contributed by atoms with E-state index in [1.165, 1.54) is 6.07 Å². The summed E-state index contributed by atoms with van der Waals surface area (Å²) in [5.41, 5.74) is 0.805. The molecule has 1 heterocycles. The first kappa shape index (κ1) is 17.0. The number of ether oxygens (including phenoxy) is 2. The van der Waals surface area contributed by atoms with Gasteiger partial charge in [-0.25, -0.2) is 0 Å². The standard InChI is InChI=1S/C15H19F2N3O3/c1-4-21-12-7-10(5-6-11(12)22-14(16)17)8-18-15-20-19-13(23-15)9(2)3/h5-7,9,14H,4,8H2,1-3H3,(H,18,20). The Bertz CT molecular complexity index is 632. The molecule has 0 aliphatic heterocycles. The van der Waals surface area contributed by atoms with Gasteiger partial charge < -0.3 is 19.2 Å². The summed E-state index contributed by atoms with van der Waals surface area (Å²) in [7, 11) is 0. The van der Waals surface area contributed by atoms with E-state index in [2.05, 4.69) is 20.3 Å². The topological polar surface area (TPSA) is 69.4 Å². The van der Waals surface area contributed by atoms with Gasteiger partial charge in [0.15, 0.2) is 11.5 Å². The Morgan fingerprint density at radius 3 is 2.61 bits per heavy atom. The molecule has 0 unspecified atom stereocenters. The van der Waals surface area contributed by atoms with E-state index < -0.39 is 6.61 Å². The summed E-state index contributed by atoms with van der Waals surface area (Å²) in [4.78, 5) is 0. The van der Waals surface area contributed by atoms with Crippen molar-refractivity contribution in [3.63, 3.8) is 0 Å². The minimum Gasteiger partial charge on any atom is -0.490 e. The molecule has 1 aromatic carbocycles. The Kier molecular flexibility index (Phi) is 5.72. The SMILES string of the molecule is CCOc1cc(CNc2nnc(C(C)C)o2)ccc1OC(F)F. The van der Waals surface area contributed by atoms with E-state index >= 15 is 0 Å². The normalized spacial score (nSPS) is 11.1. The molecule has 6 nitrogen and oxygen atoms in total. The van der Waals surface area contributed by atoms with E-state index in [-0.39, 0.29) is 17.4 Å². The molecule has 1 aromatic heterocycles. The average molecular weight is 327 g/mol. The van der Waals surface area contributed by atoms with Crippen molar-refractivity contribution in [1.29, 1.82) is 0 Å². The highest BCUT2D eigenvalue weighted by molar-refractivity contribution is 5.43. The van der Waals surface area contributed by atoms with Crippen LogP contribution in [-0.2, 0) is 6.54 Å². The van der Waals surface area contributed by atoms with Crippen LogP contribution in [-0.4, -0.2) is 23.4 Å². The molecular weight excluding hydrogens is 308 g/mol. The van der Waals surface area contributed by atoms with Crippen molar-refractivity contribution in [2.75, 3.05) is 11.9 Å². The summed E-state index contributed by atoms with van der Waals surface area (Å²) < 4.78 is 39.9. The van der Waals surface area contributed by atoms with Crippen LogP contribution in [0.1, 0.15) is 38.1 Å². The fourth-order valence-corrected chi connectivity index (χ4v) is 1.84. The second-order valence-electron chi connectivity index (χ2n) is 5.05. The van der Waals surface area contributed by atoms with Gasteiger partial charge in [0.25, 0.3) is 0 Å². The molecule has 0 amide bonds. The number of alkyl halides is 2. The van der Waals surface area contributed by atoms with Gasteiger partial charge in [0.05, 0.1) is 6.61 Å². The van der Waals surface area contributed by atoms with Crippen molar-refractivity contribution < 1.29 is 22.7 Å². The lowest BCUT2D eigenvalue weighted by atomic mass is 10.2. The molecule has 0 spiro atoms. The van der Waals surface area contributed by atoms with Gasteiger partial charge in [0.1, 0.15) is 0 Å². The van der Waals surface area contributed by atoms with Gasteiger partial charge in [0.2, 0.25) is 5.89 Å². The molecule has 0 atom stereocenters. The molecule has 23 heavy (non-hydrogen) atoms. The van der Waals surface area contributed by atoms with E-state index in [4.69, 9.17) is 9.15 Å². The first-order valence-electron chi connectivity index (χ1n) is 7.27. The van der Waals surface area contributed by atoms with Gasteiger partial charge in [-0.05, 0) is 24.6 Å². The lowest BCUT2D eigenvalue weighted by Gasteiger charge is -2.12. The third kappa shape index (κ3) is 4.80. The number of hydrogen-bond donors (Lipinski definition) is 1. The summed E-state index contributed by atoms with van der Waals surface area (Å²) in [6.07, 6.45) is 0. The number of nitrogens with zero attached hydrogens (tertiary/aromatic N) is 2. The van der Waals surface area contributed by atoms with Crippen LogP contribution in [0.3, 0.4) is 0 Å². The number of anilines is 1. The van der Waals surface area contributed by atoms with E-state index in [0.717, 1.165) is 5.56 Å². The predicted molar refractivity (Wildman–Crippen MR) is 80.0 cm³/mol. The average Bonchev–Trinajstić information content (AvgIpc) is 2.96. The van der Waals surface area contributed by atoms with Crippen molar-refractivity contribution in [3.8, 4) is 11.5 Å². The highest BCUT2D eigenvalue weighted by atomic mass is 19.3. The first-order chi connectivity index (χ1) is 11.0. The van der Waals surface area contributed by atoms with Crippen molar-refractivity contribution in [3.05, 3.63) is 29.7 Å². The molecule has 0 aliphatic rings. The monoisotopic (exact) mass is 327 g/mol. The number of hydrogen-bond acceptors (Lipinski definition) is 6. The minimum atomic E-state index is -2.90. The molecule has 0 saturated carbocycles. The second-order valence-corrected chi connectivity index (χ2v) is 5.05. The van der Waals surface area contributed by atoms with Crippen LogP contribution >= 0.6 is 0 Å². The Labute approximate surface area is 132 Å². The third-order valence-corrected chi connectivity index (χ3v) is 2.90. The van der Waals surface area contributed by atoms with E-state index in [9.17, 15) is 8.78 Å². The van der Waals surface area contributed by atoms with Gasteiger partial charge in [0, 0.05) is 12.5 Å². The van der Waals surface area contributed by atoms with Crippen LogP contribution in [0.2, 0.25) is 0 Å². The van der Waals surface area contributed by atoms with Crippen molar-refractivity contribution >= 4 is 6.01 Å². The number of nitrogens with one attached hydrogen (secondary N) is 1. The van der Waals surface area contributed by atoms with Crippen molar-refractivity contribution in [2.24, 2.45) is 0 Å². The smallest absolute Gasteiger partial charge is 0.387 e. The fourth-order valence-electron chi connectivity index (χ4n) is 1.84. The molecule has 2 rings (SSSR count). The summed E-state index contributed by atoms with van der Waals surface area (Å²) in [5, 5.41) is 10.8. The summed E-state index contributed by atoms with van der Waals surface area (Å²) in [5.74, 6) is 0.961. The van der Waals surface area contributed by atoms with Crippen molar-refractivity contribution in [1.82, 2.24) is 10.2 Å². The highest BCUT2D eigenvalue weighted by Gasteiger charge is 2.13. The lowest BCUT2D eigenvalue weighted by molar-refractivity contribution is -0.0514. The quantitative estimate of drug-likeness (QED) is 0.795. The van der Waals surface area contributed by atoms with Crippen LogP contribution in [0.4, 0.5) is 14.8 Å². The molecule has 1 N–H and O–H groups in total. The Balaban J connectivity index is 2.05. The van der Waals surface area contributed by atoms with Gasteiger partial charge in [-0.3, -0.25) is 0 Å². The van der Waals surface area contributed by atoms with Gasteiger partial charge in [-0.2, -0.15) is 8.78 Å². The zero-order valence-corrected chi connectivity index (χ0v) is 13.2. The van der Waals surface area contributed by atoms with Crippen LogP contribution in [0.15, 0.2) is 22.6 Å². The number of rotatable bonds is 8. The molecule has 126 valence electrons. The van der Waals surface area contributed by atoms with Crippen LogP contribution in [0, 0.1) is 0 Å². The first-order valence-corrected chi connectivity index (χ1v) is 7.27. The highest BCUT2D eigenvalue weighted by Crippen LogP contribution is 2.30.